The average molecular weight is 1060 g/mol. The number of imidazole rings is 1. The maximum Gasteiger partial charge on any atom is 1.00 e. The number of nitrogens with zero attached hydrogens (tertiary/aromatic N) is 4. The Morgan fingerprint density at radius 3 is 2.16 bits per heavy atom. The van der Waals surface area contributed by atoms with Gasteiger partial charge in [-0.3, -0.25) is 32.6 Å². The normalized spacial score (nSPS) is 20.7. The Morgan fingerprint density at radius 2 is 1.53 bits per heavy atom. The number of fused-ring (bicyclic) bond motifs is 1. The van der Waals surface area contributed by atoms with E-state index in [1.807, 2.05) is 0 Å². The molecule has 2 aromatic rings. The van der Waals surface area contributed by atoms with Crippen molar-refractivity contribution in [1.29, 1.82) is 0 Å². The molecule has 3 rings (SSSR count). The van der Waals surface area contributed by atoms with Crippen molar-refractivity contribution >= 4 is 69.1 Å². The molecule has 1 aliphatic heterocycles. The SMILES string of the molecule is CCCCCC=CCC=CCC=CCC=CCCCC(=O)SCCNC(=O)CCNC(=O)C(O)C(C)(C)COP(=O)(O)OP(=O)(O)OCC1OC(n2cnc3c(N)ncnc32)C(O)C1OP(=O)([O-])O.[Li+]. The number of carbonyl (C=O) groups excluding carboxylic acids is 3. The number of nitrogens with one attached hydrogen (secondary N) is 2. The summed E-state index contributed by atoms with van der Waals surface area (Å²) in [5.74, 6) is -1.11. The topological polar surface area (TPSA) is 366 Å². The molecule has 2 aromatic heterocycles. The summed E-state index contributed by atoms with van der Waals surface area (Å²) in [6, 6.07) is 0. The van der Waals surface area contributed by atoms with Crippen LogP contribution in [0.2, 0.25) is 0 Å². The fourth-order valence-corrected chi connectivity index (χ4v) is 9.83. The van der Waals surface area contributed by atoms with Gasteiger partial charge in [-0.25, -0.2) is 24.1 Å². The molecule has 0 bridgehead atoms. The van der Waals surface area contributed by atoms with Gasteiger partial charge in [-0.2, -0.15) is 4.31 Å². The molecule has 0 spiro atoms. The number of rotatable bonds is 33. The number of thioether (sulfide) groups is 1. The van der Waals surface area contributed by atoms with Gasteiger partial charge in [0.05, 0.1) is 19.5 Å². The fraction of sp³-hybridized carbons (Fsp3) is 0.610. The van der Waals surface area contributed by atoms with E-state index in [1.165, 1.54) is 33.1 Å². The largest absolute Gasteiger partial charge is 1.00 e. The molecule has 24 nitrogen and oxygen atoms in total. The van der Waals surface area contributed by atoms with Gasteiger partial charge in [0.25, 0.3) is 7.82 Å². The van der Waals surface area contributed by atoms with Gasteiger partial charge in [-0.15, -0.1) is 0 Å². The van der Waals surface area contributed by atoms with Crippen molar-refractivity contribution in [2.75, 3.05) is 37.8 Å². The third kappa shape index (κ3) is 23.8. The van der Waals surface area contributed by atoms with Crippen molar-refractivity contribution in [3.63, 3.8) is 0 Å². The molecule has 70 heavy (non-hydrogen) atoms. The summed E-state index contributed by atoms with van der Waals surface area (Å²) in [5.41, 5.74) is 4.23. The Kier molecular flexibility index (Phi) is 28.6. The van der Waals surface area contributed by atoms with Crippen LogP contribution in [0.3, 0.4) is 0 Å². The molecule has 3 heterocycles. The van der Waals surface area contributed by atoms with Gasteiger partial charge >= 0.3 is 34.5 Å². The van der Waals surface area contributed by atoms with Gasteiger partial charge in [0.1, 0.15) is 36.3 Å². The maximum atomic E-state index is 12.7. The summed E-state index contributed by atoms with van der Waals surface area (Å²) in [6.07, 6.45) is 19.5. The zero-order valence-corrected chi connectivity index (χ0v) is 43.2. The van der Waals surface area contributed by atoms with Crippen LogP contribution in [-0.4, -0.2) is 118 Å². The molecular weight excluding hydrogens is 994 g/mol. The van der Waals surface area contributed by atoms with Crippen molar-refractivity contribution in [3.8, 4) is 0 Å². The fourth-order valence-electron chi connectivity index (χ4n) is 6.29. The van der Waals surface area contributed by atoms with Crippen molar-refractivity contribution in [1.82, 2.24) is 30.2 Å². The third-order valence-electron chi connectivity index (χ3n) is 9.97. The van der Waals surface area contributed by atoms with E-state index in [4.69, 9.17) is 19.5 Å². The first kappa shape index (κ1) is 63.2. The van der Waals surface area contributed by atoms with Crippen LogP contribution in [0.4, 0.5) is 5.82 Å². The molecule has 1 aliphatic rings. The smallest absolute Gasteiger partial charge is 0.756 e. The molecular formula is C41H65LiN7O17P3S. The minimum Gasteiger partial charge on any atom is -0.756 e. The standard InChI is InChI=1S/C41H66N7O17P3S.Li/c1-4-5-6-7-8-9-10-11-12-13-14-15-16-17-18-19-20-21-32(50)69-25-24-43-31(49)22-23-44-39(53)36(52)41(2,3)27-62-68(59,60)65-67(57,58)61-26-30-35(64-66(54,55)56)34(51)40(63-30)48-29-47-33-37(42)45-28-46-38(33)48;/h8-9,11-12,14-15,17-18,28-30,34-36,40,51-52H,4-7,10,13,16,19-27H2,1-3H3,(H,43,49)(H,44,53)(H,57,58)(H,59,60)(H2,42,45,46)(H2,54,55,56);/q;+1/p-1. The van der Waals surface area contributed by atoms with Crippen LogP contribution >= 0.6 is 35.2 Å². The number of phosphoric acid groups is 3. The second-order valence-corrected chi connectivity index (χ2v) is 21.6. The van der Waals surface area contributed by atoms with Gasteiger partial charge in [0.15, 0.2) is 22.8 Å². The van der Waals surface area contributed by atoms with Gasteiger partial charge in [-0.05, 0) is 44.9 Å². The minimum atomic E-state index is -5.60. The number of allylic oxidation sites excluding steroid dienone is 8. The number of aliphatic hydroxyl groups excluding tert-OH is 2. The number of nitrogens with two attached hydrogens (primary N) is 1. The molecule has 0 aliphatic carbocycles. The molecule has 8 atom stereocenters. The number of aliphatic hydroxyl groups is 2. The molecule has 2 amide bonds. The number of nitrogen functional groups attached to an aromatic ring is 1. The van der Waals surface area contributed by atoms with E-state index in [1.54, 1.807) is 0 Å². The van der Waals surface area contributed by atoms with Crippen molar-refractivity contribution in [2.45, 2.75) is 122 Å². The van der Waals surface area contributed by atoms with Gasteiger partial charge in [0.2, 0.25) is 11.8 Å². The van der Waals surface area contributed by atoms with Crippen LogP contribution in [0, 0.1) is 5.41 Å². The number of aromatic nitrogens is 4. The van der Waals surface area contributed by atoms with Gasteiger partial charge in [-0.1, -0.05) is 94.0 Å². The van der Waals surface area contributed by atoms with E-state index in [0.29, 0.717) is 18.6 Å². The first-order valence-corrected chi connectivity index (χ1v) is 27.7. The number of carbonyl (C=O) groups is 3. The van der Waals surface area contributed by atoms with Crippen LogP contribution in [0.5, 0.6) is 0 Å². The van der Waals surface area contributed by atoms with Crippen molar-refractivity contribution < 1.29 is 99.3 Å². The second-order valence-electron chi connectivity index (χ2n) is 16.2. The first-order valence-electron chi connectivity index (χ1n) is 22.2. The van der Waals surface area contributed by atoms with Crippen LogP contribution < -0.4 is 40.1 Å². The number of phosphoric ester groups is 3. The summed E-state index contributed by atoms with van der Waals surface area (Å²) in [5, 5.41) is 26.5. The van der Waals surface area contributed by atoms with E-state index < -0.39 is 84.6 Å². The zero-order chi connectivity index (χ0) is 51.1. The summed E-state index contributed by atoms with van der Waals surface area (Å²) in [7, 11) is -16.7. The van der Waals surface area contributed by atoms with E-state index in [9.17, 15) is 57.9 Å². The van der Waals surface area contributed by atoms with E-state index in [-0.39, 0.29) is 60.5 Å². The number of anilines is 1. The Hall–Kier alpha value is -2.88. The predicted molar refractivity (Wildman–Crippen MR) is 253 cm³/mol. The summed E-state index contributed by atoms with van der Waals surface area (Å²) in [4.78, 5) is 90.3. The zero-order valence-electron chi connectivity index (χ0n) is 39.7. The van der Waals surface area contributed by atoms with E-state index in [2.05, 4.69) is 90.0 Å². The average Bonchev–Trinajstić information content (AvgIpc) is 3.84. The predicted octanol–water partition coefficient (Wildman–Crippen LogP) is 1.18. The molecule has 0 radical (unpaired) electrons. The van der Waals surface area contributed by atoms with Crippen LogP contribution in [0.1, 0.15) is 97.6 Å². The molecule has 9 N–H and O–H groups in total. The minimum absolute atomic E-state index is 0. The Bertz CT molecular complexity index is 2230. The molecule has 0 saturated carbocycles. The molecule has 388 valence electrons. The Morgan fingerprint density at radius 1 is 0.914 bits per heavy atom. The molecule has 29 heteroatoms. The van der Waals surface area contributed by atoms with Gasteiger partial charge < -0.3 is 55.4 Å². The number of ether oxygens (including phenoxy) is 1. The van der Waals surface area contributed by atoms with Crippen LogP contribution in [0.15, 0.2) is 61.3 Å². The van der Waals surface area contributed by atoms with Crippen LogP contribution in [0.25, 0.3) is 11.2 Å². The molecule has 0 aromatic carbocycles. The van der Waals surface area contributed by atoms with Crippen molar-refractivity contribution in [2.24, 2.45) is 5.41 Å². The molecule has 1 saturated heterocycles. The number of hydrogen-bond donors (Lipinski definition) is 8. The number of unbranched alkanes of at least 4 members (excludes halogenated alkanes) is 4. The number of hydrogen-bond acceptors (Lipinski definition) is 19. The monoisotopic (exact) mass is 1060 g/mol. The van der Waals surface area contributed by atoms with E-state index in [0.717, 1.165) is 61.1 Å². The third-order valence-corrected chi connectivity index (χ3v) is 14.0. The number of amides is 2. The summed E-state index contributed by atoms with van der Waals surface area (Å²) < 4.78 is 62.1. The Labute approximate surface area is 423 Å². The Balaban J connectivity index is 0.0000168. The van der Waals surface area contributed by atoms with Crippen molar-refractivity contribution in [3.05, 3.63) is 61.3 Å². The second kappa shape index (κ2) is 31.6. The summed E-state index contributed by atoms with van der Waals surface area (Å²) in [6.45, 7) is 2.66. The molecule has 1 fully saturated rings. The summed E-state index contributed by atoms with van der Waals surface area (Å²) >= 11 is 1.11. The maximum absolute atomic E-state index is 12.7. The van der Waals surface area contributed by atoms with E-state index >= 15 is 0 Å². The first-order chi connectivity index (χ1) is 32.6. The quantitative estimate of drug-likeness (QED) is 0.0215. The molecule has 8 unspecified atom stereocenters. The van der Waals surface area contributed by atoms with Crippen LogP contribution in [-0.2, 0) is 50.7 Å². The van der Waals surface area contributed by atoms with Gasteiger partial charge in [0, 0.05) is 37.1 Å².